The SMILES string of the molecule is CCOC(=O)C=C=CC(C)OC(C)=O. The van der Waals surface area contributed by atoms with Crippen LogP contribution in [0.2, 0.25) is 0 Å². The van der Waals surface area contributed by atoms with Crippen molar-refractivity contribution in [3.8, 4) is 0 Å². The van der Waals surface area contributed by atoms with Crippen LogP contribution in [0.5, 0.6) is 0 Å². The Morgan fingerprint density at radius 2 is 2.14 bits per heavy atom. The first-order valence-electron chi connectivity index (χ1n) is 4.32. The molecule has 0 saturated heterocycles. The van der Waals surface area contributed by atoms with Crippen LogP contribution in [-0.4, -0.2) is 24.6 Å². The third kappa shape index (κ3) is 7.13. The van der Waals surface area contributed by atoms with Gasteiger partial charge in [0.2, 0.25) is 0 Å². The van der Waals surface area contributed by atoms with Crippen molar-refractivity contribution in [3.63, 3.8) is 0 Å². The third-order valence-electron chi connectivity index (χ3n) is 1.17. The highest BCUT2D eigenvalue weighted by Gasteiger charge is 1.98. The molecule has 14 heavy (non-hydrogen) atoms. The predicted molar refractivity (Wildman–Crippen MR) is 50.5 cm³/mol. The molecule has 0 aliphatic heterocycles. The lowest BCUT2D eigenvalue weighted by Gasteiger charge is -2.03. The van der Waals surface area contributed by atoms with Crippen molar-refractivity contribution in [2.75, 3.05) is 6.61 Å². The lowest BCUT2D eigenvalue weighted by molar-refractivity contribution is -0.143. The summed E-state index contributed by atoms with van der Waals surface area (Å²) in [6.07, 6.45) is 2.24. The summed E-state index contributed by atoms with van der Waals surface area (Å²) in [7, 11) is 0. The Labute approximate surface area is 83.2 Å². The van der Waals surface area contributed by atoms with Gasteiger partial charge in [0.05, 0.1) is 12.7 Å². The molecule has 0 rings (SSSR count). The second-order valence-electron chi connectivity index (χ2n) is 2.54. The first kappa shape index (κ1) is 12.5. The molecule has 0 saturated carbocycles. The van der Waals surface area contributed by atoms with Crippen molar-refractivity contribution in [2.24, 2.45) is 0 Å². The Bertz CT molecular complexity index is 261. The second kappa shape index (κ2) is 6.92. The highest BCUT2D eigenvalue weighted by Crippen LogP contribution is 1.92. The zero-order chi connectivity index (χ0) is 11.0. The van der Waals surface area contributed by atoms with Crippen LogP contribution < -0.4 is 0 Å². The first-order chi connectivity index (χ1) is 6.56. The van der Waals surface area contributed by atoms with E-state index >= 15 is 0 Å². The van der Waals surface area contributed by atoms with Crippen molar-refractivity contribution in [3.05, 3.63) is 17.9 Å². The van der Waals surface area contributed by atoms with E-state index < -0.39 is 12.1 Å². The van der Waals surface area contributed by atoms with Crippen LogP contribution in [0.3, 0.4) is 0 Å². The van der Waals surface area contributed by atoms with E-state index in [2.05, 4.69) is 10.5 Å². The van der Waals surface area contributed by atoms with Crippen LogP contribution in [0.25, 0.3) is 0 Å². The molecule has 0 aliphatic rings. The van der Waals surface area contributed by atoms with E-state index in [0.29, 0.717) is 6.61 Å². The van der Waals surface area contributed by atoms with E-state index in [4.69, 9.17) is 4.74 Å². The van der Waals surface area contributed by atoms with E-state index in [9.17, 15) is 9.59 Å². The smallest absolute Gasteiger partial charge is 0.338 e. The molecular weight excluding hydrogens is 184 g/mol. The van der Waals surface area contributed by atoms with E-state index in [1.165, 1.54) is 13.0 Å². The minimum atomic E-state index is -0.459. The van der Waals surface area contributed by atoms with Crippen molar-refractivity contribution >= 4 is 11.9 Å². The molecule has 0 aromatic carbocycles. The number of hydrogen-bond acceptors (Lipinski definition) is 4. The molecule has 0 fully saturated rings. The fourth-order valence-electron chi connectivity index (χ4n) is 0.731. The van der Waals surface area contributed by atoms with Crippen molar-refractivity contribution in [2.45, 2.75) is 26.9 Å². The van der Waals surface area contributed by atoms with Crippen LogP contribution >= 0.6 is 0 Å². The molecule has 4 heteroatoms. The van der Waals surface area contributed by atoms with Crippen molar-refractivity contribution < 1.29 is 19.1 Å². The maximum absolute atomic E-state index is 10.8. The average molecular weight is 198 g/mol. The van der Waals surface area contributed by atoms with Gasteiger partial charge in [0.15, 0.2) is 0 Å². The van der Waals surface area contributed by atoms with Crippen molar-refractivity contribution in [1.82, 2.24) is 0 Å². The average Bonchev–Trinajstić information content (AvgIpc) is 2.02. The zero-order valence-corrected chi connectivity index (χ0v) is 8.57. The third-order valence-corrected chi connectivity index (χ3v) is 1.17. The van der Waals surface area contributed by atoms with Gasteiger partial charge < -0.3 is 9.47 Å². The molecule has 78 valence electrons. The number of carbonyl (C=O) groups is 2. The Morgan fingerprint density at radius 1 is 1.50 bits per heavy atom. The molecule has 0 heterocycles. The number of carbonyl (C=O) groups excluding carboxylic acids is 2. The molecule has 0 aromatic heterocycles. The van der Waals surface area contributed by atoms with E-state index in [1.54, 1.807) is 13.8 Å². The van der Waals surface area contributed by atoms with Crippen LogP contribution in [0.15, 0.2) is 17.9 Å². The Hall–Kier alpha value is -1.54. The van der Waals surface area contributed by atoms with Crippen LogP contribution in [0, 0.1) is 0 Å². The number of rotatable bonds is 4. The summed E-state index contributed by atoms with van der Waals surface area (Å²) < 4.78 is 9.38. The Kier molecular flexibility index (Phi) is 6.16. The Balaban J connectivity index is 4.01. The van der Waals surface area contributed by atoms with Crippen LogP contribution in [0.4, 0.5) is 0 Å². The van der Waals surface area contributed by atoms with Gasteiger partial charge >= 0.3 is 11.9 Å². The van der Waals surface area contributed by atoms with Crippen LogP contribution in [-0.2, 0) is 19.1 Å². The Morgan fingerprint density at radius 3 is 2.64 bits per heavy atom. The highest BCUT2D eigenvalue weighted by atomic mass is 16.5. The molecule has 0 N–H and O–H groups in total. The van der Waals surface area contributed by atoms with Gasteiger partial charge in [0, 0.05) is 6.92 Å². The highest BCUT2D eigenvalue weighted by molar-refractivity contribution is 5.81. The summed E-state index contributed by atoms with van der Waals surface area (Å²) in [6, 6.07) is 0. The van der Waals surface area contributed by atoms with Gasteiger partial charge in [0.25, 0.3) is 0 Å². The summed E-state index contributed by atoms with van der Waals surface area (Å²) >= 11 is 0. The quantitative estimate of drug-likeness (QED) is 0.387. The molecular formula is C10H14O4. The molecule has 1 unspecified atom stereocenters. The summed E-state index contributed by atoms with van der Waals surface area (Å²) in [5, 5.41) is 0. The lowest BCUT2D eigenvalue weighted by atomic mass is 10.4. The van der Waals surface area contributed by atoms with Crippen molar-refractivity contribution in [1.29, 1.82) is 0 Å². The topological polar surface area (TPSA) is 52.6 Å². The number of esters is 2. The largest absolute Gasteiger partial charge is 0.462 e. The first-order valence-corrected chi connectivity index (χ1v) is 4.32. The van der Waals surface area contributed by atoms with Gasteiger partial charge in [-0.15, -0.1) is 5.73 Å². The molecule has 1 atom stereocenters. The van der Waals surface area contributed by atoms with E-state index in [-0.39, 0.29) is 5.97 Å². The second-order valence-corrected chi connectivity index (χ2v) is 2.54. The maximum atomic E-state index is 10.8. The molecule has 0 aliphatic carbocycles. The van der Waals surface area contributed by atoms with Crippen LogP contribution in [0.1, 0.15) is 20.8 Å². The fourth-order valence-corrected chi connectivity index (χ4v) is 0.731. The summed E-state index contributed by atoms with van der Waals surface area (Å²) in [5.74, 6) is -0.828. The van der Waals surface area contributed by atoms with E-state index in [0.717, 1.165) is 6.08 Å². The lowest BCUT2D eigenvalue weighted by Crippen LogP contribution is -2.08. The van der Waals surface area contributed by atoms with Gasteiger partial charge in [-0.3, -0.25) is 4.79 Å². The predicted octanol–water partition coefficient (Wildman–Crippen LogP) is 1.21. The molecule has 4 nitrogen and oxygen atoms in total. The normalized spacial score (nSPS) is 10.8. The standard InChI is InChI=1S/C10H14O4/c1-4-13-10(12)7-5-6-8(2)14-9(3)11/h6-8H,4H2,1-3H3. The molecule has 0 bridgehead atoms. The van der Waals surface area contributed by atoms with Gasteiger partial charge in [-0.1, -0.05) is 0 Å². The monoisotopic (exact) mass is 198 g/mol. The van der Waals surface area contributed by atoms with Gasteiger partial charge in [0.1, 0.15) is 6.10 Å². The minimum Gasteiger partial charge on any atom is -0.462 e. The summed E-state index contributed by atoms with van der Waals surface area (Å²) in [6.45, 7) is 5.04. The maximum Gasteiger partial charge on any atom is 0.338 e. The molecule has 0 aromatic rings. The molecule has 0 spiro atoms. The number of ether oxygens (including phenoxy) is 2. The fraction of sp³-hybridized carbons (Fsp3) is 0.500. The van der Waals surface area contributed by atoms with Gasteiger partial charge in [-0.2, -0.15) is 0 Å². The summed E-state index contributed by atoms with van der Waals surface area (Å²) in [4.78, 5) is 21.3. The number of hydrogen-bond donors (Lipinski definition) is 0. The zero-order valence-electron chi connectivity index (χ0n) is 8.57. The van der Waals surface area contributed by atoms with Gasteiger partial charge in [-0.25, -0.2) is 4.79 Å². The van der Waals surface area contributed by atoms with Gasteiger partial charge in [-0.05, 0) is 19.9 Å². The summed E-state index contributed by atoms with van der Waals surface area (Å²) in [5.41, 5.74) is 2.57. The molecule has 0 amide bonds. The minimum absolute atomic E-state index is 0.330. The van der Waals surface area contributed by atoms with E-state index in [1.807, 2.05) is 0 Å². The molecule has 0 radical (unpaired) electrons.